The van der Waals surface area contributed by atoms with Crippen molar-refractivity contribution in [3.8, 4) is 5.75 Å². The number of anilines is 2. The highest BCUT2D eigenvalue weighted by atomic mass is 19.1. The molecule has 0 fully saturated rings. The van der Waals surface area contributed by atoms with E-state index < -0.39 is 11.7 Å². The standard InChI is InChI=1S/C14H14FN3O2/c1-8-7-9(3-4-11(8)20-2)18-14(19)10-5-6-17-13(16)12(10)15/h3-7H,1-2H3,(H2,16,17)(H,18,19). The van der Waals surface area contributed by atoms with Gasteiger partial charge in [0.2, 0.25) is 0 Å². The van der Waals surface area contributed by atoms with Gasteiger partial charge >= 0.3 is 0 Å². The lowest BCUT2D eigenvalue weighted by atomic mass is 10.2. The fourth-order valence-electron chi connectivity index (χ4n) is 1.79. The number of ether oxygens (including phenoxy) is 1. The number of methoxy groups -OCH3 is 1. The van der Waals surface area contributed by atoms with Crippen LogP contribution in [0.3, 0.4) is 0 Å². The number of pyridine rings is 1. The highest BCUT2D eigenvalue weighted by molar-refractivity contribution is 6.04. The van der Waals surface area contributed by atoms with Gasteiger partial charge in [-0.05, 0) is 36.8 Å². The zero-order chi connectivity index (χ0) is 14.7. The van der Waals surface area contributed by atoms with Gasteiger partial charge in [0.1, 0.15) is 5.75 Å². The summed E-state index contributed by atoms with van der Waals surface area (Å²) in [6.45, 7) is 1.85. The molecule has 0 aliphatic heterocycles. The first kappa shape index (κ1) is 13.8. The molecule has 0 unspecified atom stereocenters. The van der Waals surface area contributed by atoms with Gasteiger partial charge in [0, 0.05) is 11.9 Å². The van der Waals surface area contributed by atoms with Crippen LogP contribution in [0.4, 0.5) is 15.9 Å². The van der Waals surface area contributed by atoms with Gasteiger partial charge in [-0.15, -0.1) is 0 Å². The third-order valence-electron chi connectivity index (χ3n) is 2.81. The molecular weight excluding hydrogens is 261 g/mol. The zero-order valence-electron chi connectivity index (χ0n) is 11.1. The summed E-state index contributed by atoms with van der Waals surface area (Å²) in [5.41, 5.74) is 6.59. The van der Waals surface area contributed by atoms with E-state index in [4.69, 9.17) is 10.5 Å². The average molecular weight is 275 g/mol. The molecule has 104 valence electrons. The van der Waals surface area contributed by atoms with Gasteiger partial charge in [0.15, 0.2) is 11.6 Å². The first-order chi connectivity index (χ1) is 9.52. The zero-order valence-corrected chi connectivity index (χ0v) is 11.1. The molecule has 0 atom stereocenters. The molecule has 2 rings (SSSR count). The number of carbonyl (C=O) groups excluding carboxylic acids is 1. The predicted octanol–water partition coefficient (Wildman–Crippen LogP) is 2.37. The second-order valence-electron chi connectivity index (χ2n) is 4.20. The van der Waals surface area contributed by atoms with Crippen molar-refractivity contribution in [2.75, 3.05) is 18.2 Å². The molecule has 0 aliphatic carbocycles. The molecule has 1 amide bonds. The van der Waals surface area contributed by atoms with Crippen LogP contribution in [0.5, 0.6) is 5.75 Å². The van der Waals surface area contributed by atoms with Crippen LogP contribution < -0.4 is 15.8 Å². The molecule has 0 radical (unpaired) electrons. The summed E-state index contributed by atoms with van der Waals surface area (Å²) in [6, 6.07) is 6.41. The maximum atomic E-state index is 13.7. The number of rotatable bonds is 3. The number of nitrogens with one attached hydrogen (secondary N) is 1. The molecule has 1 heterocycles. The van der Waals surface area contributed by atoms with Gasteiger partial charge in [-0.3, -0.25) is 4.79 Å². The molecule has 0 aliphatic rings. The van der Waals surface area contributed by atoms with Crippen LogP contribution in [-0.4, -0.2) is 18.0 Å². The average Bonchev–Trinajstić information content (AvgIpc) is 2.42. The summed E-state index contributed by atoms with van der Waals surface area (Å²) in [7, 11) is 1.57. The Bertz CT molecular complexity index is 659. The van der Waals surface area contributed by atoms with Gasteiger partial charge < -0.3 is 15.8 Å². The number of hydrogen-bond donors (Lipinski definition) is 2. The van der Waals surface area contributed by atoms with Gasteiger partial charge in [0.25, 0.3) is 5.91 Å². The minimum absolute atomic E-state index is 0.147. The van der Waals surface area contributed by atoms with Gasteiger partial charge in [-0.1, -0.05) is 0 Å². The Hall–Kier alpha value is -2.63. The number of nitrogens with zero attached hydrogens (tertiary/aromatic N) is 1. The van der Waals surface area contributed by atoms with Crippen molar-refractivity contribution in [3.05, 3.63) is 47.4 Å². The minimum atomic E-state index is -0.824. The van der Waals surface area contributed by atoms with E-state index in [0.717, 1.165) is 5.56 Å². The SMILES string of the molecule is COc1ccc(NC(=O)c2ccnc(N)c2F)cc1C. The Kier molecular flexibility index (Phi) is 3.84. The number of nitrogens with two attached hydrogens (primary N) is 1. The Labute approximate surface area is 115 Å². The first-order valence-electron chi connectivity index (χ1n) is 5.89. The lowest BCUT2D eigenvalue weighted by Gasteiger charge is -2.09. The lowest BCUT2D eigenvalue weighted by Crippen LogP contribution is -2.15. The van der Waals surface area contributed by atoms with Gasteiger partial charge in [0.05, 0.1) is 12.7 Å². The molecule has 0 bridgehead atoms. The van der Waals surface area contributed by atoms with E-state index in [1.807, 2.05) is 6.92 Å². The van der Waals surface area contributed by atoms with E-state index in [9.17, 15) is 9.18 Å². The molecule has 0 saturated heterocycles. The van der Waals surface area contributed by atoms with Crippen LogP contribution >= 0.6 is 0 Å². The van der Waals surface area contributed by atoms with E-state index in [2.05, 4.69) is 10.3 Å². The van der Waals surface area contributed by atoms with Crippen molar-refractivity contribution in [1.82, 2.24) is 4.98 Å². The maximum Gasteiger partial charge on any atom is 0.258 e. The quantitative estimate of drug-likeness (QED) is 0.901. The summed E-state index contributed by atoms with van der Waals surface area (Å²) < 4.78 is 18.8. The smallest absolute Gasteiger partial charge is 0.258 e. The summed E-state index contributed by atoms with van der Waals surface area (Å²) in [5, 5.41) is 2.60. The maximum absolute atomic E-state index is 13.7. The van der Waals surface area contributed by atoms with Crippen molar-refractivity contribution in [2.45, 2.75) is 6.92 Å². The molecule has 6 heteroatoms. The fraction of sp³-hybridized carbons (Fsp3) is 0.143. The lowest BCUT2D eigenvalue weighted by molar-refractivity contribution is 0.102. The normalized spacial score (nSPS) is 10.2. The number of amides is 1. The third-order valence-corrected chi connectivity index (χ3v) is 2.81. The van der Waals surface area contributed by atoms with Crippen molar-refractivity contribution in [3.63, 3.8) is 0 Å². The number of nitrogen functional groups attached to an aromatic ring is 1. The van der Waals surface area contributed by atoms with Crippen LogP contribution in [0.15, 0.2) is 30.5 Å². The number of halogens is 1. The van der Waals surface area contributed by atoms with Crippen LogP contribution in [0.25, 0.3) is 0 Å². The topological polar surface area (TPSA) is 77.2 Å². The second kappa shape index (κ2) is 5.56. The Morgan fingerprint density at radius 1 is 1.40 bits per heavy atom. The van der Waals surface area contributed by atoms with E-state index in [0.29, 0.717) is 11.4 Å². The van der Waals surface area contributed by atoms with E-state index in [-0.39, 0.29) is 11.4 Å². The van der Waals surface area contributed by atoms with Crippen LogP contribution in [-0.2, 0) is 0 Å². The van der Waals surface area contributed by atoms with Gasteiger partial charge in [-0.25, -0.2) is 9.37 Å². The molecule has 0 saturated carbocycles. The Morgan fingerprint density at radius 3 is 2.80 bits per heavy atom. The van der Waals surface area contributed by atoms with Crippen molar-refractivity contribution in [2.24, 2.45) is 0 Å². The highest BCUT2D eigenvalue weighted by Crippen LogP contribution is 2.22. The Balaban J connectivity index is 2.24. The molecule has 1 aromatic carbocycles. The van der Waals surface area contributed by atoms with E-state index >= 15 is 0 Å². The molecule has 3 N–H and O–H groups in total. The summed E-state index contributed by atoms with van der Waals surface area (Å²) in [4.78, 5) is 15.6. The Morgan fingerprint density at radius 2 is 2.15 bits per heavy atom. The fourth-order valence-corrected chi connectivity index (χ4v) is 1.79. The second-order valence-corrected chi connectivity index (χ2v) is 4.20. The summed E-state index contributed by atoms with van der Waals surface area (Å²) in [5.74, 6) is -0.998. The third kappa shape index (κ3) is 2.69. The predicted molar refractivity (Wildman–Crippen MR) is 74.3 cm³/mol. The molecule has 20 heavy (non-hydrogen) atoms. The van der Waals surface area contributed by atoms with E-state index in [1.54, 1.807) is 25.3 Å². The van der Waals surface area contributed by atoms with Crippen molar-refractivity contribution < 1.29 is 13.9 Å². The van der Waals surface area contributed by atoms with E-state index in [1.165, 1.54) is 12.3 Å². The van der Waals surface area contributed by atoms with Crippen molar-refractivity contribution in [1.29, 1.82) is 0 Å². The van der Waals surface area contributed by atoms with Crippen LogP contribution in [0, 0.1) is 12.7 Å². The molecule has 2 aromatic rings. The molecule has 5 nitrogen and oxygen atoms in total. The number of carbonyl (C=O) groups is 1. The molecule has 1 aromatic heterocycles. The monoisotopic (exact) mass is 275 g/mol. The summed E-state index contributed by atoms with van der Waals surface area (Å²) >= 11 is 0. The minimum Gasteiger partial charge on any atom is -0.496 e. The number of hydrogen-bond acceptors (Lipinski definition) is 4. The summed E-state index contributed by atoms with van der Waals surface area (Å²) in [6.07, 6.45) is 1.28. The number of aryl methyl sites for hydroxylation is 1. The highest BCUT2D eigenvalue weighted by Gasteiger charge is 2.15. The number of benzene rings is 1. The first-order valence-corrected chi connectivity index (χ1v) is 5.89. The largest absolute Gasteiger partial charge is 0.496 e. The number of aromatic nitrogens is 1. The van der Waals surface area contributed by atoms with Crippen LogP contribution in [0.1, 0.15) is 15.9 Å². The van der Waals surface area contributed by atoms with Crippen LogP contribution in [0.2, 0.25) is 0 Å². The molecule has 0 spiro atoms. The van der Waals surface area contributed by atoms with Gasteiger partial charge in [-0.2, -0.15) is 0 Å². The van der Waals surface area contributed by atoms with Crippen molar-refractivity contribution >= 4 is 17.4 Å². The molecular formula is C14H14FN3O2.